The fraction of sp³-hybridized carbons (Fsp3) is 0.0769. The predicted molar refractivity (Wildman–Crippen MR) is 58.9 cm³/mol. The molecule has 17 heavy (non-hydrogen) atoms. The van der Waals surface area contributed by atoms with Gasteiger partial charge in [-0.1, -0.05) is 18.2 Å². The Hall–Kier alpha value is -2.28. The van der Waals surface area contributed by atoms with E-state index in [1.54, 1.807) is 12.1 Å². The summed E-state index contributed by atoms with van der Waals surface area (Å²) in [7, 11) is 0. The van der Waals surface area contributed by atoms with E-state index in [2.05, 4.69) is 4.98 Å². The maximum atomic E-state index is 13.6. The number of hydrogen-bond acceptors (Lipinski definition) is 2. The second kappa shape index (κ2) is 4.71. The van der Waals surface area contributed by atoms with Crippen molar-refractivity contribution in [3.05, 3.63) is 53.9 Å². The van der Waals surface area contributed by atoms with Gasteiger partial charge in [-0.05, 0) is 12.1 Å². The molecule has 4 heteroatoms. The standard InChI is InChI=1S/C13H8F2N2/c14-9-7-11(13(5-6-16)17-8-9)10-3-1-2-4-12(10)15/h1-4,7-8H,5H2. The van der Waals surface area contributed by atoms with Crippen LogP contribution in [0.2, 0.25) is 0 Å². The molecule has 0 bridgehead atoms. The molecule has 0 amide bonds. The Morgan fingerprint density at radius 3 is 2.65 bits per heavy atom. The molecule has 0 aliphatic rings. The quantitative estimate of drug-likeness (QED) is 0.794. The number of aromatic nitrogens is 1. The minimum Gasteiger partial charge on any atom is -0.257 e. The number of benzene rings is 1. The zero-order chi connectivity index (χ0) is 12.3. The van der Waals surface area contributed by atoms with Gasteiger partial charge in [-0.3, -0.25) is 4.98 Å². The van der Waals surface area contributed by atoms with Crippen molar-refractivity contribution in [2.75, 3.05) is 0 Å². The van der Waals surface area contributed by atoms with E-state index in [1.165, 1.54) is 18.2 Å². The van der Waals surface area contributed by atoms with Crippen LogP contribution < -0.4 is 0 Å². The third kappa shape index (κ3) is 2.28. The van der Waals surface area contributed by atoms with Crippen LogP contribution in [-0.2, 0) is 6.42 Å². The van der Waals surface area contributed by atoms with E-state index in [-0.39, 0.29) is 12.0 Å². The number of nitrogens with zero attached hydrogens (tertiary/aromatic N) is 2. The SMILES string of the molecule is N#CCc1ncc(F)cc1-c1ccccc1F. The second-order valence-electron chi connectivity index (χ2n) is 3.46. The van der Waals surface area contributed by atoms with Crippen molar-refractivity contribution in [1.82, 2.24) is 4.98 Å². The molecule has 0 saturated carbocycles. The van der Waals surface area contributed by atoms with E-state index in [4.69, 9.17) is 5.26 Å². The van der Waals surface area contributed by atoms with Gasteiger partial charge in [0.05, 0.1) is 24.4 Å². The molecule has 2 rings (SSSR count). The van der Waals surface area contributed by atoms with E-state index >= 15 is 0 Å². The molecule has 1 aromatic heterocycles. The molecule has 1 heterocycles. The lowest BCUT2D eigenvalue weighted by molar-refractivity contribution is 0.617. The molecule has 1 aromatic carbocycles. The van der Waals surface area contributed by atoms with Crippen LogP contribution in [0.25, 0.3) is 11.1 Å². The van der Waals surface area contributed by atoms with Crippen LogP contribution in [0.5, 0.6) is 0 Å². The molecule has 0 fully saturated rings. The molecule has 2 aromatic rings. The lowest BCUT2D eigenvalue weighted by Crippen LogP contribution is -1.96. The molecular weight excluding hydrogens is 222 g/mol. The van der Waals surface area contributed by atoms with Gasteiger partial charge in [0.15, 0.2) is 0 Å². The fourth-order valence-electron chi connectivity index (χ4n) is 1.60. The third-order valence-corrected chi connectivity index (χ3v) is 2.35. The summed E-state index contributed by atoms with van der Waals surface area (Å²) in [6, 6.07) is 9.14. The molecule has 0 aliphatic carbocycles. The maximum Gasteiger partial charge on any atom is 0.142 e. The predicted octanol–water partition coefficient (Wildman–Crippen LogP) is 3.09. The van der Waals surface area contributed by atoms with Gasteiger partial charge in [0.1, 0.15) is 11.6 Å². The summed E-state index contributed by atoms with van der Waals surface area (Å²) in [5.74, 6) is -1.01. The van der Waals surface area contributed by atoms with Gasteiger partial charge in [0, 0.05) is 11.1 Å². The first-order chi connectivity index (χ1) is 8.22. The van der Waals surface area contributed by atoms with Crippen LogP contribution in [-0.4, -0.2) is 4.98 Å². The van der Waals surface area contributed by atoms with Gasteiger partial charge in [-0.25, -0.2) is 8.78 Å². The van der Waals surface area contributed by atoms with Gasteiger partial charge >= 0.3 is 0 Å². The first-order valence-corrected chi connectivity index (χ1v) is 4.98. The Balaban J connectivity index is 2.62. The number of halogens is 2. The molecule has 0 aliphatic heterocycles. The van der Waals surface area contributed by atoms with E-state index in [0.717, 1.165) is 6.20 Å². The van der Waals surface area contributed by atoms with Crippen molar-refractivity contribution in [2.24, 2.45) is 0 Å². The highest BCUT2D eigenvalue weighted by Gasteiger charge is 2.11. The Kier molecular flexibility index (Phi) is 3.10. The lowest BCUT2D eigenvalue weighted by Gasteiger charge is -2.07. The minimum absolute atomic E-state index is 0.0178. The molecule has 0 radical (unpaired) electrons. The molecular formula is C13H8F2N2. The van der Waals surface area contributed by atoms with Gasteiger partial charge in [-0.15, -0.1) is 0 Å². The molecule has 0 atom stereocenters. The van der Waals surface area contributed by atoms with E-state index in [9.17, 15) is 8.78 Å². The first-order valence-electron chi connectivity index (χ1n) is 4.98. The summed E-state index contributed by atoms with van der Waals surface area (Å²) >= 11 is 0. The number of pyridine rings is 1. The van der Waals surface area contributed by atoms with Gasteiger partial charge < -0.3 is 0 Å². The van der Waals surface area contributed by atoms with Crippen molar-refractivity contribution in [1.29, 1.82) is 5.26 Å². The summed E-state index contributed by atoms with van der Waals surface area (Å²) in [6.45, 7) is 0. The monoisotopic (exact) mass is 230 g/mol. The highest BCUT2D eigenvalue weighted by Crippen LogP contribution is 2.26. The highest BCUT2D eigenvalue weighted by molar-refractivity contribution is 5.66. The summed E-state index contributed by atoms with van der Waals surface area (Å²) in [4.78, 5) is 3.82. The number of rotatable bonds is 2. The third-order valence-electron chi connectivity index (χ3n) is 2.35. The zero-order valence-electron chi connectivity index (χ0n) is 8.82. The van der Waals surface area contributed by atoms with Crippen molar-refractivity contribution < 1.29 is 8.78 Å². The summed E-state index contributed by atoms with van der Waals surface area (Å²) in [5, 5.41) is 8.65. The molecule has 0 N–H and O–H groups in total. The van der Waals surface area contributed by atoms with E-state index in [0.29, 0.717) is 11.3 Å². The largest absolute Gasteiger partial charge is 0.257 e. The van der Waals surface area contributed by atoms with Crippen molar-refractivity contribution in [3.63, 3.8) is 0 Å². The van der Waals surface area contributed by atoms with E-state index < -0.39 is 11.6 Å². The van der Waals surface area contributed by atoms with Crippen molar-refractivity contribution in [2.45, 2.75) is 6.42 Å². The average Bonchev–Trinajstić information content (AvgIpc) is 2.32. The topological polar surface area (TPSA) is 36.7 Å². The molecule has 84 valence electrons. The molecule has 2 nitrogen and oxygen atoms in total. The van der Waals surface area contributed by atoms with Crippen molar-refractivity contribution in [3.8, 4) is 17.2 Å². The smallest absolute Gasteiger partial charge is 0.142 e. The molecule has 0 unspecified atom stereocenters. The molecule has 0 spiro atoms. The highest BCUT2D eigenvalue weighted by atomic mass is 19.1. The normalized spacial score (nSPS) is 9.94. The van der Waals surface area contributed by atoms with Crippen LogP contribution in [0.4, 0.5) is 8.78 Å². The minimum atomic E-state index is -0.551. The van der Waals surface area contributed by atoms with Gasteiger partial charge in [-0.2, -0.15) is 5.26 Å². The lowest BCUT2D eigenvalue weighted by atomic mass is 10.0. The van der Waals surface area contributed by atoms with Crippen molar-refractivity contribution >= 4 is 0 Å². The van der Waals surface area contributed by atoms with Gasteiger partial charge in [0.25, 0.3) is 0 Å². The Morgan fingerprint density at radius 1 is 1.18 bits per heavy atom. The number of nitriles is 1. The Bertz CT molecular complexity index is 588. The Morgan fingerprint density at radius 2 is 1.94 bits per heavy atom. The maximum absolute atomic E-state index is 13.6. The first kappa shape index (κ1) is 11.2. The van der Waals surface area contributed by atoms with Crippen LogP contribution >= 0.6 is 0 Å². The second-order valence-corrected chi connectivity index (χ2v) is 3.46. The average molecular weight is 230 g/mol. The fourth-order valence-corrected chi connectivity index (χ4v) is 1.60. The number of hydrogen-bond donors (Lipinski definition) is 0. The van der Waals surface area contributed by atoms with Crippen LogP contribution in [0.3, 0.4) is 0 Å². The van der Waals surface area contributed by atoms with Crippen LogP contribution in [0.15, 0.2) is 36.5 Å². The summed E-state index contributed by atoms with van der Waals surface area (Å²) in [6.07, 6.45) is 1.04. The van der Waals surface area contributed by atoms with Crippen LogP contribution in [0, 0.1) is 23.0 Å². The van der Waals surface area contributed by atoms with E-state index in [1.807, 2.05) is 6.07 Å². The zero-order valence-corrected chi connectivity index (χ0v) is 8.82. The Labute approximate surface area is 97.2 Å². The summed E-state index contributed by atoms with van der Waals surface area (Å²) < 4.78 is 26.7. The van der Waals surface area contributed by atoms with Gasteiger partial charge in [0.2, 0.25) is 0 Å². The molecule has 0 saturated heterocycles. The van der Waals surface area contributed by atoms with Crippen LogP contribution in [0.1, 0.15) is 5.69 Å². The summed E-state index contributed by atoms with van der Waals surface area (Å²) in [5.41, 5.74) is 0.952.